The maximum Gasteiger partial charge on any atom is 0.0247 e. The summed E-state index contributed by atoms with van der Waals surface area (Å²) in [6.07, 6.45) is 2.53. The molecule has 0 amide bonds. The summed E-state index contributed by atoms with van der Waals surface area (Å²) in [5.74, 6) is 1.54. The van der Waals surface area contributed by atoms with Crippen molar-refractivity contribution in [1.29, 1.82) is 0 Å². The average molecular weight is 240 g/mol. The van der Waals surface area contributed by atoms with Crippen LogP contribution in [0.4, 0.5) is 0 Å². The van der Waals surface area contributed by atoms with Crippen LogP contribution in [0.1, 0.15) is 54.4 Å². The van der Waals surface area contributed by atoms with E-state index in [9.17, 15) is 0 Å². The van der Waals surface area contributed by atoms with Gasteiger partial charge in [0.15, 0.2) is 0 Å². The number of hydrogen-bond donors (Lipinski definition) is 1. The van der Waals surface area contributed by atoms with Crippen molar-refractivity contribution in [2.75, 3.05) is 13.1 Å². The predicted molar refractivity (Wildman–Crippen MR) is 76.3 cm³/mol. The maximum atomic E-state index is 3.70. The monoisotopic (exact) mass is 240 g/mol. The Morgan fingerprint density at radius 1 is 1.18 bits per heavy atom. The summed E-state index contributed by atoms with van der Waals surface area (Å²) in [5, 5.41) is 3.70. The third-order valence-electron chi connectivity index (χ3n) is 4.73. The van der Waals surface area contributed by atoms with Crippen molar-refractivity contribution in [3.63, 3.8) is 0 Å². The number of piperazine rings is 1. The molecule has 0 aliphatic carbocycles. The lowest BCUT2D eigenvalue weighted by Crippen LogP contribution is -2.61. The normalized spacial score (nSPS) is 30.5. The van der Waals surface area contributed by atoms with Crippen molar-refractivity contribution in [3.05, 3.63) is 0 Å². The molecule has 2 nitrogen and oxygen atoms in total. The highest BCUT2D eigenvalue weighted by atomic mass is 15.3. The Morgan fingerprint density at radius 3 is 2.29 bits per heavy atom. The Hall–Kier alpha value is -0.0800. The van der Waals surface area contributed by atoms with Gasteiger partial charge in [0.1, 0.15) is 0 Å². The van der Waals surface area contributed by atoms with E-state index in [1.54, 1.807) is 0 Å². The molecule has 0 radical (unpaired) electrons. The summed E-state index contributed by atoms with van der Waals surface area (Å²) in [6, 6.07) is 2.11. The van der Waals surface area contributed by atoms with Gasteiger partial charge in [-0.25, -0.2) is 0 Å². The van der Waals surface area contributed by atoms with E-state index in [0.29, 0.717) is 18.1 Å². The summed E-state index contributed by atoms with van der Waals surface area (Å²) in [6.45, 7) is 16.5. The lowest BCUT2D eigenvalue weighted by Gasteiger charge is -2.47. The van der Waals surface area contributed by atoms with E-state index in [4.69, 9.17) is 0 Å². The Bertz CT molecular complexity index is 213. The highest BCUT2D eigenvalue weighted by molar-refractivity contribution is 4.90. The first kappa shape index (κ1) is 15.0. The van der Waals surface area contributed by atoms with Crippen LogP contribution >= 0.6 is 0 Å². The van der Waals surface area contributed by atoms with Gasteiger partial charge in [-0.2, -0.15) is 0 Å². The van der Waals surface area contributed by atoms with Gasteiger partial charge >= 0.3 is 0 Å². The molecule has 1 saturated heterocycles. The summed E-state index contributed by atoms with van der Waals surface area (Å²) >= 11 is 0. The van der Waals surface area contributed by atoms with Crippen LogP contribution in [-0.4, -0.2) is 36.1 Å². The van der Waals surface area contributed by atoms with Crippen LogP contribution in [0.15, 0.2) is 0 Å². The molecule has 0 aromatic heterocycles. The minimum absolute atomic E-state index is 0.691. The first-order chi connectivity index (χ1) is 8.01. The van der Waals surface area contributed by atoms with Crippen molar-refractivity contribution in [2.24, 2.45) is 11.8 Å². The maximum absolute atomic E-state index is 3.70. The minimum Gasteiger partial charge on any atom is -0.311 e. The fraction of sp³-hybridized carbons (Fsp3) is 1.00. The highest BCUT2D eigenvalue weighted by Crippen LogP contribution is 2.23. The Kier molecular flexibility index (Phi) is 5.94. The quantitative estimate of drug-likeness (QED) is 0.794. The number of rotatable bonds is 5. The fourth-order valence-corrected chi connectivity index (χ4v) is 2.89. The first-order valence-corrected chi connectivity index (χ1v) is 7.50. The lowest BCUT2D eigenvalue weighted by atomic mass is 9.91. The second-order valence-corrected chi connectivity index (χ2v) is 6.15. The zero-order valence-electron chi connectivity index (χ0n) is 12.7. The molecule has 1 N–H and O–H groups in total. The van der Waals surface area contributed by atoms with E-state index in [1.807, 2.05) is 0 Å². The fourth-order valence-electron chi connectivity index (χ4n) is 2.89. The SMILES string of the molecule is CCC1CN(C(C)C(C)CC)C(C(C)C)CN1. The molecule has 0 aromatic rings. The van der Waals surface area contributed by atoms with Gasteiger partial charge in [0, 0.05) is 31.2 Å². The van der Waals surface area contributed by atoms with Gasteiger partial charge in [0.05, 0.1) is 0 Å². The van der Waals surface area contributed by atoms with E-state index in [-0.39, 0.29) is 0 Å². The predicted octanol–water partition coefficient (Wildman–Crippen LogP) is 3.13. The Balaban J connectivity index is 2.72. The van der Waals surface area contributed by atoms with E-state index >= 15 is 0 Å². The van der Waals surface area contributed by atoms with Crippen molar-refractivity contribution in [2.45, 2.75) is 72.5 Å². The van der Waals surface area contributed by atoms with Gasteiger partial charge in [-0.3, -0.25) is 4.90 Å². The standard InChI is InChI=1S/C15H32N2/c1-7-12(5)13(6)17-10-14(8-2)16-9-15(17)11(3)4/h11-16H,7-10H2,1-6H3. The van der Waals surface area contributed by atoms with Crippen LogP contribution in [0.25, 0.3) is 0 Å². The molecule has 0 aromatic carbocycles. The van der Waals surface area contributed by atoms with E-state index in [2.05, 4.69) is 51.8 Å². The van der Waals surface area contributed by atoms with Gasteiger partial charge in [-0.05, 0) is 25.2 Å². The van der Waals surface area contributed by atoms with Crippen molar-refractivity contribution < 1.29 is 0 Å². The molecule has 1 rings (SSSR count). The molecule has 0 bridgehead atoms. The van der Waals surface area contributed by atoms with Gasteiger partial charge in [0.2, 0.25) is 0 Å². The molecule has 1 aliphatic heterocycles. The molecule has 4 atom stereocenters. The molecule has 17 heavy (non-hydrogen) atoms. The molecule has 4 unspecified atom stereocenters. The Labute approximate surface area is 108 Å². The lowest BCUT2D eigenvalue weighted by molar-refractivity contribution is 0.0391. The molecule has 2 heteroatoms. The topological polar surface area (TPSA) is 15.3 Å². The molecular formula is C15H32N2. The second-order valence-electron chi connectivity index (χ2n) is 6.15. The molecule has 0 saturated carbocycles. The highest BCUT2D eigenvalue weighted by Gasteiger charge is 2.33. The zero-order chi connectivity index (χ0) is 13.0. The van der Waals surface area contributed by atoms with Gasteiger partial charge in [0.25, 0.3) is 0 Å². The van der Waals surface area contributed by atoms with Crippen LogP contribution in [0.5, 0.6) is 0 Å². The largest absolute Gasteiger partial charge is 0.311 e. The first-order valence-electron chi connectivity index (χ1n) is 7.50. The molecule has 1 heterocycles. The van der Waals surface area contributed by atoms with Crippen molar-refractivity contribution >= 4 is 0 Å². The summed E-state index contributed by atoms with van der Waals surface area (Å²) < 4.78 is 0. The minimum atomic E-state index is 0.691. The van der Waals surface area contributed by atoms with Crippen LogP contribution in [0, 0.1) is 11.8 Å². The van der Waals surface area contributed by atoms with Crippen molar-refractivity contribution in [1.82, 2.24) is 10.2 Å². The molecular weight excluding hydrogens is 208 g/mol. The summed E-state index contributed by atoms with van der Waals surface area (Å²) in [7, 11) is 0. The van der Waals surface area contributed by atoms with Gasteiger partial charge < -0.3 is 5.32 Å². The van der Waals surface area contributed by atoms with Crippen LogP contribution < -0.4 is 5.32 Å². The molecule has 1 aliphatic rings. The Morgan fingerprint density at radius 2 is 1.82 bits per heavy atom. The van der Waals surface area contributed by atoms with E-state index < -0.39 is 0 Å². The number of nitrogens with zero attached hydrogens (tertiary/aromatic N) is 1. The smallest absolute Gasteiger partial charge is 0.0247 e. The second kappa shape index (κ2) is 6.75. The van der Waals surface area contributed by atoms with E-state index in [0.717, 1.165) is 18.4 Å². The van der Waals surface area contributed by atoms with Crippen LogP contribution in [0.2, 0.25) is 0 Å². The molecule has 1 fully saturated rings. The van der Waals surface area contributed by atoms with Gasteiger partial charge in [-0.1, -0.05) is 41.0 Å². The van der Waals surface area contributed by atoms with Gasteiger partial charge in [-0.15, -0.1) is 0 Å². The summed E-state index contributed by atoms with van der Waals surface area (Å²) in [4.78, 5) is 2.77. The molecule has 0 spiro atoms. The number of nitrogens with one attached hydrogen (secondary N) is 1. The summed E-state index contributed by atoms with van der Waals surface area (Å²) in [5.41, 5.74) is 0. The zero-order valence-corrected chi connectivity index (χ0v) is 12.7. The molecule has 102 valence electrons. The third-order valence-corrected chi connectivity index (χ3v) is 4.73. The van der Waals surface area contributed by atoms with Crippen LogP contribution in [-0.2, 0) is 0 Å². The van der Waals surface area contributed by atoms with Crippen molar-refractivity contribution in [3.8, 4) is 0 Å². The number of hydrogen-bond acceptors (Lipinski definition) is 2. The average Bonchev–Trinajstić information content (AvgIpc) is 2.35. The van der Waals surface area contributed by atoms with Crippen LogP contribution in [0.3, 0.4) is 0 Å². The third kappa shape index (κ3) is 3.69. The van der Waals surface area contributed by atoms with E-state index in [1.165, 1.54) is 19.4 Å².